The highest BCUT2D eigenvalue weighted by atomic mass is 32.2. The fourth-order valence-electron chi connectivity index (χ4n) is 1.84. The van der Waals surface area contributed by atoms with Gasteiger partial charge in [-0.3, -0.25) is 4.99 Å². The summed E-state index contributed by atoms with van der Waals surface area (Å²) in [6, 6.07) is 5.72. The number of hydrogen-bond acceptors (Lipinski definition) is 5. The molecule has 1 aromatic rings. The van der Waals surface area contributed by atoms with Crippen molar-refractivity contribution < 1.29 is 9.47 Å². The van der Waals surface area contributed by atoms with Crippen LogP contribution >= 0.6 is 11.8 Å². The highest BCUT2D eigenvalue weighted by Crippen LogP contribution is 2.32. The second kappa shape index (κ2) is 5.74. The molecule has 0 spiro atoms. The maximum absolute atomic E-state index is 5.37. The lowest BCUT2D eigenvalue weighted by molar-refractivity contribution is 0.395. The molecule has 0 unspecified atom stereocenters. The predicted molar refractivity (Wildman–Crippen MR) is 81.8 cm³/mol. The van der Waals surface area contributed by atoms with Gasteiger partial charge >= 0.3 is 0 Å². The van der Waals surface area contributed by atoms with Gasteiger partial charge in [0.2, 0.25) is 0 Å². The number of methoxy groups -OCH3 is 2. The Morgan fingerprint density at radius 1 is 1.26 bits per heavy atom. The molecule has 0 radical (unpaired) electrons. The summed E-state index contributed by atoms with van der Waals surface area (Å²) in [5, 5.41) is 4.28. The number of amidine groups is 1. The minimum absolute atomic E-state index is 0.00723. The number of anilines is 1. The van der Waals surface area contributed by atoms with E-state index in [0.29, 0.717) is 0 Å². The molecule has 1 N–H and O–H groups in total. The quantitative estimate of drug-likeness (QED) is 0.921. The molecule has 1 aliphatic rings. The van der Waals surface area contributed by atoms with Crippen molar-refractivity contribution in [1.82, 2.24) is 0 Å². The SMILES string of the molecule is COc1ccc(NC2=NC(C)(C)CCS2)c(OC)c1. The van der Waals surface area contributed by atoms with Crippen LogP contribution in [0.3, 0.4) is 0 Å². The molecule has 0 bridgehead atoms. The summed E-state index contributed by atoms with van der Waals surface area (Å²) in [6.45, 7) is 4.30. The minimum Gasteiger partial charge on any atom is -0.497 e. The summed E-state index contributed by atoms with van der Waals surface area (Å²) in [5.74, 6) is 2.61. The number of hydrogen-bond donors (Lipinski definition) is 1. The zero-order chi connectivity index (χ0) is 13.9. The van der Waals surface area contributed by atoms with E-state index in [4.69, 9.17) is 14.5 Å². The van der Waals surface area contributed by atoms with Gasteiger partial charge < -0.3 is 14.8 Å². The van der Waals surface area contributed by atoms with Gasteiger partial charge in [0, 0.05) is 11.8 Å². The summed E-state index contributed by atoms with van der Waals surface area (Å²) in [7, 11) is 3.30. The molecule has 104 valence electrons. The first-order chi connectivity index (χ1) is 9.04. The monoisotopic (exact) mass is 280 g/mol. The first-order valence-electron chi connectivity index (χ1n) is 6.26. The number of aliphatic imine (C=N–C) groups is 1. The molecule has 5 heteroatoms. The molecule has 0 aromatic heterocycles. The fourth-order valence-corrected chi connectivity index (χ4v) is 3.13. The van der Waals surface area contributed by atoms with E-state index in [1.807, 2.05) is 18.2 Å². The van der Waals surface area contributed by atoms with Crippen molar-refractivity contribution in [2.75, 3.05) is 25.3 Å². The summed E-state index contributed by atoms with van der Waals surface area (Å²) >= 11 is 1.74. The van der Waals surface area contributed by atoms with Crippen LogP contribution in [-0.4, -0.2) is 30.7 Å². The Kier molecular flexibility index (Phi) is 4.24. The van der Waals surface area contributed by atoms with Crippen LogP contribution in [0.2, 0.25) is 0 Å². The molecular formula is C14H20N2O2S. The van der Waals surface area contributed by atoms with Crippen LogP contribution < -0.4 is 14.8 Å². The molecule has 19 heavy (non-hydrogen) atoms. The predicted octanol–water partition coefficient (Wildman–Crippen LogP) is 3.39. The molecule has 0 amide bonds. The van der Waals surface area contributed by atoms with Crippen molar-refractivity contribution in [1.29, 1.82) is 0 Å². The standard InChI is InChI=1S/C14H20N2O2S/c1-14(2)7-8-19-13(16-14)15-11-6-5-10(17-3)9-12(11)18-4/h5-6,9H,7-8H2,1-4H3,(H,15,16). The molecular weight excluding hydrogens is 260 g/mol. The van der Waals surface area contributed by atoms with Crippen molar-refractivity contribution >= 4 is 22.6 Å². The third-order valence-electron chi connectivity index (χ3n) is 3.01. The van der Waals surface area contributed by atoms with Crippen LogP contribution in [0.4, 0.5) is 5.69 Å². The van der Waals surface area contributed by atoms with Gasteiger partial charge in [-0.05, 0) is 32.4 Å². The van der Waals surface area contributed by atoms with Crippen molar-refractivity contribution in [3.05, 3.63) is 18.2 Å². The lowest BCUT2D eigenvalue weighted by Gasteiger charge is -2.26. The third-order valence-corrected chi connectivity index (χ3v) is 3.88. The first kappa shape index (κ1) is 14.1. The number of ether oxygens (including phenoxy) is 2. The largest absolute Gasteiger partial charge is 0.497 e. The molecule has 0 saturated carbocycles. The highest BCUT2D eigenvalue weighted by molar-refractivity contribution is 8.14. The summed E-state index contributed by atoms with van der Waals surface area (Å²) in [4.78, 5) is 4.71. The molecule has 2 rings (SSSR count). The molecule has 1 heterocycles. The van der Waals surface area contributed by atoms with Crippen LogP contribution in [0.15, 0.2) is 23.2 Å². The Labute approximate surface area is 118 Å². The summed E-state index contributed by atoms with van der Waals surface area (Å²) in [5.41, 5.74) is 0.917. The van der Waals surface area contributed by atoms with Crippen LogP contribution in [0.5, 0.6) is 11.5 Å². The zero-order valence-electron chi connectivity index (χ0n) is 11.8. The lowest BCUT2D eigenvalue weighted by Crippen LogP contribution is -2.27. The average Bonchev–Trinajstić information content (AvgIpc) is 2.38. The second-order valence-corrected chi connectivity index (χ2v) is 6.10. The minimum atomic E-state index is 0.00723. The molecule has 0 atom stereocenters. The van der Waals surface area contributed by atoms with Crippen molar-refractivity contribution in [2.24, 2.45) is 4.99 Å². The Morgan fingerprint density at radius 3 is 2.68 bits per heavy atom. The van der Waals surface area contributed by atoms with Crippen molar-refractivity contribution in [3.8, 4) is 11.5 Å². The van der Waals surface area contributed by atoms with Gasteiger partial charge in [-0.15, -0.1) is 0 Å². The Morgan fingerprint density at radius 2 is 2.05 bits per heavy atom. The van der Waals surface area contributed by atoms with E-state index < -0.39 is 0 Å². The van der Waals surface area contributed by atoms with Gasteiger partial charge in [-0.1, -0.05) is 11.8 Å². The molecule has 1 aromatic carbocycles. The molecule has 0 fully saturated rings. The van der Waals surface area contributed by atoms with Crippen LogP contribution in [0.1, 0.15) is 20.3 Å². The number of benzene rings is 1. The number of nitrogens with one attached hydrogen (secondary N) is 1. The smallest absolute Gasteiger partial charge is 0.161 e. The lowest BCUT2D eigenvalue weighted by atomic mass is 10.0. The van der Waals surface area contributed by atoms with Crippen molar-refractivity contribution in [2.45, 2.75) is 25.8 Å². The van der Waals surface area contributed by atoms with Crippen molar-refractivity contribution in [3.63, 3.8) is 0 Å². The third kappa shape index (κ3) is 3.56. The fraction of sp³-hybridized carbons (Fsp3) is 0.500. The molecule has 1 aliphatic heterocycles. The van der Waals surface area contributed by atoms with E-state index in [1.165, 1.54) is 0 Å². The summed E-state index contributed by atoms with van der Waals surface area (Å²) < 4.78 is 10.6. The molecule has 0 saturated heterocycles. The van der Waals surface area contributed by atoms with E-state index in [2.05, 4.69) is 19.2 Å². The first-order valence-corrected chi connectivity index (χ1v) is 7.24. The van der Waals surface area contributed by atoms with Crippen LogP contribution in [0, 0.1) is 0 Å². The Bertz CT molecular complexity index is 486. The van der Waals surface area contributed by atoms with E-state index in [9.17, 15) is 0 Å². The molecule has 4 nitrogen and oxygen atoms in total. The van der Waals surface area contributed by atoms with E-state index in [1.54, 1.807) is 26.0 Å². The Hall–Kier alpha value is -1.36. The second-order valence-electron chi connectivity index (χ2n) is 5.02. The topological polar surface area (TPSA) is 42.8 Å². The van der Waals surface area contributed by atoms with Gasteiger partial charge in [-0.2, -0.15) is 0 Å². The molecule has 0 aliphatic carbocycles. The van der Waals surface area contributed by atoms with Crippen LogP contribution in [-0.2, 0) is 0 Å². The van der Waals surface area contributed by atoms with Gasteiger partial charge in [0.1, 0.15) is 11.5 Å². The van der Waals surface area contributed by atoms with Gasteiger partial charge in [0.05, 0.1) is 25.4 Å². The van der Waals surface area contributed by atoms with E-state index in [0.717, 1.165) is 34.5 Å². The van der Waals surface area contributed by atoms with Gasteiger partial charge in [0.15, 0.2) is 5.17 Å². The summed E-state index contributed by atoms with van der Waals surface area (Å²) in [6.07, 6.45) is 1.10. The van der Waals surface area contributed by atoms with Gasteiger partial charge in [0.25, 0.3) is 0 Å². The zero-order valence-corrected chi connectivity index (χ0v) is 12.6. The average molecular weight is 280 g/mol. The number of thioether (sulfide) groups is 1. The maximum atomic E-state index is 5.37. The van der Waals surface area contributed by atoms with Gasteiger partial charge in [-0.25, -0.2) is 0 Å². The van der Waals surface area contributed by atoms with E-state index in [-0.39, 0.29) is 5.54 Å². The van der Waals surface area contributed by atoms with Crippen LogP contribution in [0.25, 0.3) is 0 Å². The number of nitrogens with zero attached hydrogens (tertiary/aromatic N) is 1. The Balaban J connectivity index is 2.21. The van der Waals surface area contributed by atoms with E-state index >= 15 is 0 Å². The normalized spacial score (nSPS) is 17.6. The number of rotatable bonds is 3. The highest BCUT2D eigenvalue weighted by Gasteiger charge is 2.23. The maximum Gasteiger partial charge on any atom is 0.161 e.